The summed E-state index contributed by atoms with van der Waals surface area (Å²) < 4.78 is 10.9. The van der Waals surface area contributed by atoms with E-state index in [2.05, 4.69) is 13.8 Å². The van der Waals surface area contributed by atoms with E-state index in [1.807, 2.05) is 0 Å². The van der Waals surface area contributed by atoms with Crippen molar-refractivity contribution in [2.75, 3.05) is 13.7 Å². The Bertz CT molecular complexity index is 440. The van der Waals surface area contributed by atoms with Crippen LogP contribution in [0.3, 0.4) is 0 Å². The van der Waals surface area contributed by atoms with Crippen molar-refractivity contribution in [2.24, 2.45) is 0 Å². The fourth-order valence-electron chi connectivity index (χ4n) is 4.95. The minimum absolute atomic E-state index is 0.00128. The second kappa shape index (κ2) is 29.0. The van der Waals surface area contributed by atoms with Gasteiger partial charge in [0.05, 0.1) is 19.3 Å². The van der Waals surface area contributed by atoms with E-state index in [-0.39, 0.29) is 18.2 Å². The van der Waals surface area contributed by atoms with Crippen LogP contribution in [0.1, 0.15) is 174 Å². The molecule has 4 nitrogen and oxygen atoms in total. The molecule has 0 saturated carbocycles. The molecule has 0 spiro atoms. The average Bonchev–Trinajstić information content (AvgIpc) is 2.89. The highest BCUT2D eigenvalue weighted by atomic mass is 16.5. The van der Waals surface area contributed by atoms with Crippen LogP contribution in [0.2, 0.25) is 0 Å². The first kappa shape index (κ1) is 35.4. The van der Waals surface area contributed by atoms with Crippen LogP contribution in [0, 0.1) is 0 Å². The average molecular weight is 513 g/mol. The van der Waals surface area contributed by atoms with Crippen molar-refractivity contribution in [1.82, 2.24) is 0 Å². The number of rotatable bonds is 29. The van der Waals surface area contributed by atoms with E-state index in [0.29, 0.717) is 6.42 Å². The van der Waals surface area contributed by atoms with Crippen LogP contribution in [0.5, 0.6) is 0 Å². The molecule has 4 heteroatoms. The first-order chi connectivity index (χ1) is 17.7. The minimum atomic E-state index is -0.344. The molecular weight excluding hydrogens is 448 g/mol. The number of carbonyl (C=O) groups is 1. The molecule has 216 valence electrons. The topological polar surface area (TPSA) is 55.8 Å². The molecule has 2 unspecified atom stereocenters. The van der Waals surface area contributed by atoms with Gasteiger partial charge in [0.15, 0.2) is 0 Å². The van der Waals surface area contributed by atoms with Crippen molar-refractivity contribution in [1.29, 1.82) is 0 Å². The number of ether oxygens (including phenoxy) is 2. The Labute approximate surface area is 225 Å². The van der Waals surface area contributed by atoms with E-state index in [9.17, 15) is 9.90 Å². The Hall–Kier alpha value is -0.610. The van der Waals surface area contributed by atoms with Gasteiger partial charge in [0.1, 0.15) is 0 Å². The lowest BCUT2D eigenvalue weighted by molar-refractivity contribution is -0.140. The van der Waals surface area contributed by atoms with E-state index >= 15 is 0 Å². The van der Waals surface area contributed by atoms with Gasteiger partial charge in [-0.05, 0) is 25.7 Å². The number of aliphatic hydroxyl groups excluding tert-OH is 1. The lowest BCUT2D eigenvalue weighted by Gasteiger charge is -2.24. The second-order valence-electron chi connectivity index (χ2n) is 11.0. The van der Waals surface area contributed by atoms with Crippen molar-refractivity contribution in [3.8, 4) is 0 Å². The fourth-order valence-corrected chi connectivity index (χ4v) is 4.95. The first-order valence-electron chi connectivity index (χ1n) is 16.0. The Kier molecular flexibility index (Phi) is 28.5. The standard InChI is InChI=1S/C32H64O4/c1-4-6-8-10-12-13-14-15-16-21-25-29-36-31(27-23-19-11-9-7-5-2)30(33)26-22-18-17-20-24-28-32(34)35-3/h30-31,33H,4-29H2,1-3H3. The third-order valence-corrected chi connectivity index (χ3v) is 7.46. The summed E-state index contributed by atoms with van der Waals surface area (Å²) >= 11 is 0. The van der Waals surface area contributed by atoms with Crippen molar-refractivity contribution < 1.29 is 19.4 Å². The number of carbonyl (C=O) groups excluding carboxylic acids is 1. The highest BCUT2D eigenvalue weighted by Crippen LogP contribution is 2.19. The van der Waals surface area contributed by atoms with Gasteiger partial charge in [0.25, 0.3) is 0 Å². The molecule has 0 radical (unpaired) electrons. The molecule has 36 heavy (non-hydrogen) atoms. The molecule has 0 fully saturated rings. The smallest absolute Gasteiger partial charge is 0.305 e. The summed E-state index contributed by atoms with van der Waals surface area (Å²) in [7, 11) is 1.45. The second-order valence-corrected chi connectivity index (χ2v) is 11.0. The molecule has 0 aliphatic rings. The predicted molar refractivity (Wildman–Crippen MR) is 155 cm³/mol. The van der Waals surface area contributed by atoms with Crippen LogP contribution in [-0.2, 0) is 14.3 Å². The van der Waals surface area contributed by atoms with E-state index < -0.39 is 0 Å². The van der Waals surface area contributed by atoms with Gasteiger partial charge < -0.3 is 14.6 Å². The number of aliphatic hydroxyl groups is 1. The van der Waals surface area contributed by atoms with Crippen molar-refractivity contribution in [3.05, 3.63) is 0 Å². The van der Waals surface area contributed by atoms with Crippen molar-refractivity contribution >= 4 is 5.97 Å². The molecule has 0 rings (SSSR count). The zero-order valence-corrected chi connectivity index (χ0v) is 24.7. The summed E-state index contributed by atoms with van der Waals surface area (Å²) in [5.74, 6) is -0.113. The Morgan fingerprint density at radius 3 is 1.50 bits per heavy atom. The number of methoxy groups -OCH3 is 1. The summed E-state index contributed by atoms with van der Waals surface area (Å²) in [6.07, 6.45) is 29.7. The van der Waals surface area contributed by atoms with Gasteiger partial charge in [0.2, 0.25) is 0 Å². The molecule has 0 saturated heterocycles. The largest absolute Gasteiger partial charge is 0.469 e. The molecule has 0 aromatic carbocycles. The van der Waals surface area contributed by atoms with Gasteiger partial charge in [0, 0.05) is 13.0 Å². The predicted octanol–water partition coefficient (Wildman–Crippen LogP) is 9.70. The van der Waals surface area contributed by atoms with Gasteiger partial charge >= 0.3 is 5.97 Å². The monoisotopic (exact) mass is 512 g/mol. The Balaban J connectivity index is 3.99. The van der Waals surface area contributed by atoms with Gasteiger partial charge in [-0.2, -0.15) is 0 Å². The Morgan fingerprint density at radius 2 is 1.00 bits per heavy atom. The van der Waals surface area contributed by atoms with Gasteiger partial charge in [-0.1, -0.05) is 142 Å². The maximum Gasteiger partial charge on any atom is 0.305 e. The number of esters is 1. The van der Waals surface area contributed by atoms with Crippen LogP contribution in [0.25, 0.3) is 0 Å². The molecule has 0 aliphatic heterocycles. The molecule has 0 amide bonds. The van der Waals surface area contributed by atoms with Crippen molar-refractivity contribution in [2.45, 2.75) is 187 Å². The van der Waals surface area contributed by atoms with Crippen LogP contribution in [-0.4, -0.2) is 37.0 Å². The van der Waals surface area contributed by atoms with E-state index in [0.717, 1.165) is 64.4 Å². The number of hydrogen-bond donors (Lipinski definition) is 1. The molecule has 2 atom stereocenters. The quantitative estimate of drug-likeness (QED) is 0.0800. The molecule has 0 aromatic heterocycles. The van der Waals surface area contributed by atoms with Crippen LogP contribution in [0.15, 0.2) is 0 Å². The highest BCUT2D eigenvalue weighted by Gasteiger charge is 2.19. The van der Waals surface area contributed by atoms with E-state index in [4.69, 9.17) is 9.47 Å². The molecular formula is C32H64O4. The molecule has 0 bridgehead atoms. The van der Waals surface area contributed by atoms with Crippen LogP contribution >= 0.6 is 0 Å². The SMILES string of the molecule is CCCCCCCCCCCCCOC(CCCCCCCC)C(O)CCCCCCCC(=O)OC. The van der Waals surface area contributed by atoms with Crippen LogP contribution < -0.4 is 0 Å². The van der Waals surface area contributed by atoms with E-state index in [1.165, 1.54) is 103 Å². The maximum absolute atomic E-state index is 11.2. The fraction of sp³-hybridized carbons (Fsp3) is 0.969. The molecule has 0 aliphatic carbocycles. The maximum atomic E-state index is 11.2. The lowest BCUT2D eigenvalue weighted by Crippen LogP contribution is -2.29. The third kappa shape index (κ3) is 25.1. The minimum Gasteiger partial charge on any atom is -0.469 e. The van der Waals surface area contributed by atoms with Gasteiger partial charge in [-0.25, -0.2) is 0 Å². The van der Waals surface area contributed by atoms with Gasteiger partial charge in [-0.3, -0.25) is 4.79 Å². The lowest BCUT2D eigenvalue weighted by atomic mass is 9.99. The zero-order chi connectivity index (χ0) is 26.5. The molecule has 0 aromatic rings. The third-order valence-electron chi connectivity index (χ3n) is 7.46. The highest BCUT2D eigenvalue weighted by molar-refractivity contribution is 5.68. The van der Waals surface area contributed by atoms with Gasteiger partial charge in [-0.15, -0.1) is 0 Å². The Morgan fingerprint density at radius 1 is 0.583 bits per heavy atom. The molecule has 0 heterocycles. The normalized spacial score (nSPS) is 13.1. The summed E-state index contributed by atoms with van der Waals surface area (Å²) in [5, 5.41) is 10.8. The number of unbranched alkanes of at least 4 members (excludes halogenated alkanes) is 19. The summed E-state index contributed by atoms with van der Waals surface area (Å²) in [5.41, 5.74) is 0. The van der Waals surface area contributed by atoms with Crippen LogP contribution in [0.4, 0.5) is 0 Å². The van der Waals surface area contributed by atoms with E-state index in [1.54, 1.807) is 0 Å². The summed E-state index contributed by atoms with van der Waals surface area (Å²) in [4.78, 5) is 11.2. The first-order valence-corrected chi connectivity index (χ1v) is 16.0. The number of hydrogen-bond acceptors (Lipinski definition) is 4. The summed E-state index contributed by atoms with van der Waals surface area (Å²) in [6.45, 7) is 5.33. The zero-order valence-electron chi connectivity index (χ0n) is 24.7. The van der Waals surface area contributed by atoms with Crippen molar-refractivity contribution in [3.63, 3.8) is 0 Å². The molecule has 1 N–H and O–H groups in total. The summed E-state index contributed by atoms with van der Waals surface area (Å²) in [6, 6.07) is 0.